The van der Waals surface area contributed by atoms with E-state index in [9.17, 15) is 8.42 Å². The van der Waals surface area contributed by atoms with Crippen LogP contribution in [-0.4, -0.2) is 53.9 Å². The Balaban J connectivity index is 1.43. The molecule has 0 bridgehead atoms. The fourth-order valence-electron chi connectivity index (χ4n) is 3.92. The first kappa shape index (κ1) is 21.0. The first-order valence-corrected chi connectivity index (χ1v) is 11.9. The molecule has 0 spiro atoms. The summed E-state index contributed by atoms with van der Waals surface area (Å²) in [6.45, 7) is 1.68. The molecule has 1 fully saturated rings. The molecule has 5 rings (SSSR count). The van der Waals surface area contributed by atoms with Crippen molar-refractivity contribution in [2.24, 2.45) is 0 Å². The van der Waals surface area contributed by atoms with Crippen molar-refractivity contribution in [2.75, 3.05) is 31.1 Å². The molecule has 4 aromatic rings. The van der Waals surface area contributed by atoms with Crippen LogP contribution in [0, 0.1) is 11.3 Å². The van der Waals surface area contributed by atoms with Crippen LogP contribution in [0.3, 0.4) is 0 Å². The SMILES string of the molecule is N#Cc1ccc(S(=O)(=O)N2CCN(c3nc(-c4cccnc4)nc4ccccc34)CC2)cc1. The molecular formula is C24H20N6O2S. The lowest BCUT2D eigenvalue weighted by Crippen LogP contribution is -2.49. The molecular weight excluding hydrogens is 436 g/mol. The van der Waals surface area contributed by atoms with Gasteiger partial charge in [0.15, 0.2) is 5.82 Å². The molecule has 164 valence electrons. The highest BCUT2D eigenvalue weighted by molar-refractivity contribution is 7.89. The average Bonchev–Trinajstić information content (AvgIpc) is 2.88. The molecule has 1 aliphatic rings. The van der Waals surface area contributed by atoms with E-state index < -0.39 is 10.0 Å². The van der Waals surface area contributed by atoms with E-state index in [4.69, 9.17) is 15.2 Å². The summed E-state index contributed by atoms with van der Waals surface area (Å²) in [5, 5.41) is 9.88. The summed E-state index contributed by atoms with van der Waals surface area (Å²) < 4.78 is 27.6. The van der Waals surface area contributed by atoms with Crippen LogP contribution in [0.4, 0.5) is 5.82 Å². The lowest BCUT2D eigenvalue weighted by Gasteiger charge is -2.35. The second kappa shape index (κ2) is 8.58. The molecule has 1 saturated heterocycles. The van der Waals surface area contributed by atoms with Gasteiger partial charge in [0.25, 0.3) is 0 Å². The molecule has 0 unspecified atom stereocenters. The van der Waals surface area contributed by atoms with Crippen LogP contribution < -0.4 is 4.90 Å². The van der Waals surface area contributed by atoms with E-state index >= 15 is 0 Å². The lowest BCUT2D eigenvalue weighted by atomic mass is 10.2. The fourth-order valence-corrected chi connectivity index (χ4v) is 5.34. The van der Waals surface area contributed by atoms with Crippen LogP contribution >= 0.6 is 0 Å². The van der Waals surface area contributed by atoms with Gasteiger partial charge in [0.1, 0.15) is 5.82 Å². The van der Waals surface area contributed by atoms with Crippen LogP contribution in [0.5, 0.6) is 0 Å². The monoisotopic (exact) mass is 456 g/mol. The smallest absolute Gasteiger partial charge is 0.243 e. The maximum Gasteiger partial charge on any atom is 0.243 e. The van der Waals surface area contributed by atoms with Gasteiger partial charge in [-0.25, -0.2) is 18.4 Å². The van der Waals surface area contributed by atoms with Crippen molar-refractivity contribution in [1.29, 1.82) is 5.26 Å². The van der Waals surface area contributed by atoms with Gasteiger partial charge in [0, 0.05) is 49.5 Å². The van der Waals surface area contributed by atoms with E-state index in [1.807, 2.05) is 42.5 Å². The predicted molar refractivity (Wildman–Crippen MR) is 125 cm³/mol. The van der Waals surface area contributed by atoms with Gasteiger partial charge in [0.2, 0.25) is 10.0 Å². The zero-order valence-corrected chi connectivity index (χ0v) is 18.5. The summed E-state index contributed by atoms with van der Waals surface area (Å²) in [5.74, 6) is 1.37. The highest BCUT2D eigenvalue weighted by Crippen LogP contribution is 2.29. The van der Waals surface area contributed by atoms with Gasteiger partial charge in [0.05, 0.1) is 22.0 Å². The molecule has 0 atom stereocenters. The maximum absolute atomic E-state index is 13.1. The van der Waals surface area contributed by atoms with Gasteiger partial charge in [-0.15, -0.1) is 0 Å². The number of sulfonamides is 1. The second-order valence-corrected chi connectivity index (χ2v) is 9.59. The number of rotatable bonds is 4. The topological polar surface area (TPSA) is 103 Å². The molecule has 0 N–H and O–H groups in total. The molecule has 2 aromatic heterocycles. The van der Waals surface area contributed by atoms with Crippen molar-refractivity contribution in [2.45, 2.75) is 4.90 Å². The van der Waals surface area contributed by atoms with Gasteiger partial charge in [-0.3, -0.25) is 4.98 Å². The van der Waals surface area contributed by atoms with Crippen molar-refractivity contribution in [1.82, 2.24) is 19.3 Å². The van der Waals surface area contributed by atoms with Crippen molar-refractivity contribution in [3.63, 3.8) is 0 Å². The Hall–Kier alpha value is -3.87. The van der Waals surface area contributed by atoms with E-state index in [1.54, 1.807) is 12.4 Å². The zero-order chi connectivity index (χ0) is 22.8. The van der Waals surface area contributed by atoms with Crippen molar-refractivity contribution in [3.8, 4) is 17.5 Å². The van der Waals surface area contributed by atoms with Crippen LogP contribution in [-0.2, 0) is 10.0 Å². The average molecular weight is 457 g/mol. The normalized spacial score (nSPS) is 14.8. The van der Waals surface area contributed by atoms with E-state index in [2.05, 4.69) is 9.88 Å². The third kappa shape index (κ3) is 4.02. The molecule has 1 aliphatic heterocycles. The van der Waals surface area contributed by atoms with Gasteiger partial charge < -0.3 is 4.90 Å². The van der Waals surface area contributed by atoms with Gasteiger partial charge in [-0.2, -0.15) is 9.57 Å². The molecule has 3 heterocycles. The Labute approximate surface area is 191 Å². The van der Waals surface area contributed by atoms with Gasteiger partial charge in [-0.05, 0) is 48.5 Å². The summed E-state index contributed by atoms with van der Waals surface area (Å²) >= 11 is 0. The Morgan fingerprint density at radius 1 is 0.879 bits per heavy atom. The third-order valence-electron chi connectivity index (χ3n) is 5.66. The Morgan fingerprint density at radius 3 is 2.33 bits per heavy atom. The Morgan fingerprint density at radius 2 is 1.64 bits per heavy atom. The van der Waals surface area contributed by atoms with E-state index in [0.29, 0.717) is 37.6 Å². The van der Waals surface area contributed by atoms with Crippen LogP contribution in [0.1, 0.15) is 5.56 Å². The van der Waals surface area contributed by atoms with Crippen LogP contribution in [0.15, 0.2) is 78.0 Å². The largest absolute Gasteiger partial charge is 0.353 e. The van der Waals surface area contributed by atoms with Crippen molar-refractivity contribution < 1.29 is 8.42 Å². The zero-order valence-electron chi connectivity index (χ0n) is 17.7. The Bertz CT molecular complexity index is 1440. The van der Waals surface area contributed by atoms with Crippen LogP contribution in [0.25, 0.3) is 22.3 Å². The fraction of sp³-hybridized carbons (Fsp3) is 0.167. The van der Waals surface area contributed by atoms with Crippen LogP contribution in [0.2, 0.25) is 0 Å². The van der Waals surface area contributed by atoms with Crippen molar-refractivity contribution in [3.05, 3.63) is 78.6 Å². The number of nitrogens with zero attached hydrogens (tertiary/aromatic N) is 6. The molecule has 0 amide bonds. The number of anilines is 1. The summed E-state index contributed by atoms with van der Waals surface area (Å²) in [7, 11) is -3.63. The highest BCUT2D eigenvalue weighted by atomic mass is 32.2. The second-order valence-electron chi connectivity index (χ2n) is 7.66. The van der Waals surface area contributed by atoms with E-state index in [0.717, 1.165) is 22.3 Å². The molecule has 8 nitrogen and oxygen atoms in total. The number of pyridine rings is 1. The first-order valence-electron chi connectivity index (χ1n) is 10.5. The Kier molecular flexibility index (Phi) is 5.46. The number of aromatic nitrogens is 3. The minimum absolute atomic E-state index is 0.196. The number of hydrogen-bond donors (Lipinski definition) is 0. The summed E-state index contributed by atoms with van der Waals surface area (Å²) in [5.41, 5.74) is 2.08. The number of benzene rings is 2. The predicted octanol–water partition coefficient (Wildman–Crippen LogP) is 3.07. The summed E-state index contributed by atoms with van der Waals surface area (Å²) in [6, 6.07) is 19.6. The van der Waals surface area contributed by atoms with E-state index in [1.165, 1.54) is 28.6 Å². The summed E-state index contributed by atoms with van der Waals surface area (Å²) in [4.78, 5) is 16.0. The quantitative estimate of drug-likeness (QED) is 0.465. The number of piperazine rings is 1. The van der Waals surface area contributed by atoms with Gasteiger partial charge in [-0.1, -0.05) is 12.1 Å². The van der Waals surface area contributed by atoms with Crippen molar-refractivity contribution >= 4 is 26.7 Å². The summed E-state index contributed by atoms with van der Waals surface area (Å²) in [6.07, 6.45) is 3.44. The molecule has 0 saturated carbocycles. The molecule has 0 aliphatic carbocycles. The first-order chi connectivity index (χ1) is 16.1. The molecule has 33 heavy (non-hydrogen) atoms. The van der Waals surface area contributed by atoms with E-state index in [-0.39, 0.29) is 4.90 Å². The standard InChI is InChI=1S/C24H20N6O2S/c25-16-18-7-9-20(10-8-18)33(31,32)30-14-12-29(13-15-30)24-21-5-1-2-6-22(21)27-23(28-24)19-4-3-11-26-17-19/h1-11,17H,12-15H2. The number of nitriles is 1. The molecule has 0 radical (unpaired) electrons. The molecule has 2 aromatic carbocycles. The minimum Gasteiger partial charge on any atom is -0.353 e. The third-order valence-corrected chi connectivity index (χ3v) is 7.58. The lowest BCUT2D eigenvalue weighted by molar-refractivity contribution is 0.384. The number of hydrogen-bond acceptors (Lipinski definition) is 7. The highest BCUT2D eigenvalue weighted by Gasteiger charge is 2.29. The minimum atomic E-state index is -3.63. The number of fused-ring (bicyclic) bond motifs is 1. The molecule has 9 heteroatoms. The van der Waals surface area contributed by atoms with Gasteiger partial charge >= 0.3 is 0 Å². The maximum atomic E-state index is 13.1. The number of para-hydroxylation sites is 1.